The fraction of sp³-hybridized carbons (Fsp3) is 0.0370. The lowest BCUT2D eigenvalue weighted by atomic mass is 9.88. The summed E-state index contributed by atoms with van der Waals surface area (Å²) >= 11 is 0. The molecule has 0 aliphatic heterocycles. The number of aromatic nitrogens is 3. The third kappa shape index (κ3) is 4.99. The number of para-hydroxylation sites is 1. The van der Waals surface area contributed by atoms with Crippen LogP contribution >= 0.6 is 0 Å². The van der Waals surface area contributed by atoms with Gasteiger partial charge in [0.1, 0.15) is 0 Å². The molecule has 0 bridgehead atoms. The minimum Gasteiger partial charge on any atom is -0.309 e. The molecule has 2 heterocycles. The molecule has 10 aromatic rings. The van der Waals surface area contributed by atoms with E-state index in [9.17, 15) is 0 Å². The average Bonchev–Trinajstić information content (AvgIpc) is 3.94. The van der Waals surface area contributed by atoms with Crippen LogP contribution in [-0.2, 0) is 6.42 Å². The Kier molecular flexibility index (Phi) is 7.05. The number of benzene rings is 8. The molecule has 0 radical (unpaired) electrons. The van der Waals surface area contributed by atoms with E-state index in [1.54, 1.807) is 0 Å². The van der Waals surface area contributed by atoms with Crippen molar-refractivity contribution in [2.24, 2.45) is 0 Å². The van der Waals surface area contributed by atoms with Crippen LogP contribution in [0.5, 0.6) is 0 Å². The van der Waals surface area contributed by atoms with Gasteiger partial charge in [-0.15, -0.1) is 0 Å². The topological polar surface area (TPSA) is 30.7 Å². The molecule has 2 aliphatic carbocycles. The molecule has 12 rings (SSSR count). The molecule has 1 unspecified atom stereocenters. The summed E-state index contributed by atoms with van der Waals surface area (Å²) in [7, 11) is 0. The molecule has 0 saturated carbocycles. The molecular formula is C54H35N3. The Hall–Kier alpha value is -7.36. The summed E-state index contributed by atoms with van der Waals surface area (Å²) < 4.78 is 2.42. The Morgan fingerprint density at radius 1 is 0.421 bits per heavy atom. The zero-order valence-electron chi connectivity index (χ0n) is 31.1. The highest BCUT2D eigenvalue weighted by molar-refractivity contribution is 6.10. The highest BCUT2D eigenvalue weighted by atomic mass is 15.0. The van der Waals surface area contributed by atoms with Crippen molar-refractivity contribution in [1.29, 1.82) is 0 Å². The number of rotatable bonds is 5. The Labute approximate surface area is 331 Å². The molecule has 3 nitrogen and oxygen atoms in total. The monoisotopic (exact) mass is 725 g/mol. The van der Waals surface area contributed by atoms with Crippen LogP contribution < -0.4 is 0 Å². The van der Waals surface area contributed by atoms with Crippen LogP contribution in [0.2, 0.25) is 0 Å². The third-order valence-corrected chi connectivity index (χ3v) is 12.1. The van der Waals surface area contributed by atoms with Crippen LogP contribution in [0.4, 0.5) is 0 Å². The SMILES string of the molecule is c1ccc(-c2ccc(-n3c4ccccc4c4ccc(-c5ccc6c(c5)-c5ccccc5C6c5nc(-c6ccccc6)nc6c5-c5ccccc5C6)cc43)cc2)cc1. The van der Waals surface area contributed by atoms with Crippen molar-refractivity contribution in [3.8, 4) is 61.6 Å². The molecule has 57 heavy (non-hydrogen) atoms. The highest BCUT2D eigenvalue weighted by Gasteiger charge is 2.36. The zero-order chi connectivity index (χ0) is 37.5. The first-order chi connectivity index (χ1) is 28.3. The summed E-state index contributed by atoms with van der Waals surface area (Å²) in [5.74, 6) is 0.776. The van der Waals surface area contributed by atoms with Gasteiger partial charge in [-0.3, -0.25) is 0 Å². The van der Waals surface area contributed by atoms with E-state index < -0.39 is 0 Å². The van der Waals surface area contributed by atoms with Gasteiger partial charge in [-0.05, 0) is 86.0 Å². The van der Waals surface area contributed by atoms with Gasteiger partial charge in [0.25, 0.3) is 0 Å². The Balaban J connectivity index is 1.01. The summed E-state index contributed by atoms with van der Waals surface area (Å²) in [6.07, 6.45) is 0.817. The molecule has 8 aromatic carbocycles. The lowest BCUT2D eigenvalue weighted by molar-refractivity contribution is 0.922. The van der Waals surface area contributed by atoms with Gasteiger partial charge in [-0.1, -0.05) is 164 Å². The molecule has 2 aliphatic rings. The Morgan fingerprint density at radius 2 is 1.04 bits per heavy atom. The van der Waals surface area contributed by atoms with Crippen molar-refractivity contribution in [3.05, 3.63) is 222 Å². The van der Waals surface area contributed by atoms with Crippen LogP contribution in [-0.4, -0.2) is 14.5 Å². The van der Waals surface area contributed by atoms with Gasteiger partial charge in [0.05, 0.1) is 28.3 Å². The largest absolute Gasteiger partial charge is 0.309 e. The predicted octanol–water partition coefficient (Wildman–Crippen LogP) is 13.3. The fourth-order valence-corrected chi connectivity index (χ4v) is 9.51. The van der Waals surface area contributed by atoms with Crippen molar-refractivity contribution in [2.75, 3.05) is 0 Å². The zero-order valence-corrected chi connectivity index (χ0v) is 31.1. The standard InChI is InChI=1S/C54H35N3/c1-3-13-34(14-4-1)35-23-27-40(28-24-35)57-49-22-12-11-20-43(49)44-29-25-38(33-50(44)57)37-26-30-46-47(31-37)42-19-9-10-21-45(42)51(46)53-52-41-18-8-7-17-39(41)32-48(52)55-54(56-53)36-15-5-2-6-16-36/h1-31,33,51H,32H2. The van der Waals surface area contributed by atoms with Crippen LogP contribution in [0.15, 0.2) is 194 Å². The number of fused-ring (bicyclic) bond motifs is 9. The summed E-state index contributed by atoms with van der Waals surface area (Å²) in [5.41, 5.74) is 20.5. The van der Waals surface area contributed by atoms with Crippen molar-refractivity contribution >= 4 is 21.8 Å². The molecule has 0 fully saturated rings. The quantitative estimate of drug-likeness (QED) is 0.177. The van der Waals surface area contributed by atoms with Gasteiger partial charge in [0, 0.05) is 34.0 Å². The molecule has 0 amide bonds. The molecule has 266 valence electrons. The summed E-state index contributed by atoms with van der Waals surface area (Å²) in [4.78, 5) is 10.7. The summed E-state index contributed by atoms with van der Waals surface area (Å²) in [5, 5.41) is 2.51. The van der Waals surface area contributed by atoms with E-state index in [0.29, 0.717) is 0 Å². The van der Waals surface area contributed by atoms with Gasteiger partial charge in [0.2, 0.25) is 0 Å². The highest BCUT2D eigenvalue weighted by Crippen LogP contribution is 2.52. The summed E-state index contributed by atoms with van der Waals surface area (Å²) in [6, 6.07) is 70.5. The van der Waals surface area contributed by atoms with E-state index >= 15 is 0 Å². The first-order valence-corrected chi connectivity index (χ1v) is 19.7. The van der Waals surface area contributed by atoms with Gasteiger partial charge in [-0.25, -0.2) is 9.97 Å². The van der Waals surface area contributed by atoms with Crippen LogP contribution in [0.25, 0.3) is 83.4 Å². The second-order valence-electron chi connectivity index (χ2n) is 15.3. The van der Waals surface area contributed by atoms with Crippen LogP contribution in [0.1, 0.15) is 34.0 Å². The lowest BCUT2D eigenvalue weighted by Gasteiger charge is -2.19. The molecule has 1 atom stereocenters. The van der Waals surface area contributed by atoms with E-state index in [1.165, 1.54) is 83.0 Å². The van der Waals surface area contributed by atoms with E-state index in [4.69, 9.17) is 9.97 Å². The molecule has 3 heteroatoms. The van der Waals surface area contributed by atoms with Crippen LogP contribution in [0.3, 0.4) is 0 Å². The van der Waals surface area contributed by atoms with Crippen molar-refractivity contribution in [2.45, 2.75) is 12.3 Å². The maximum Gasteiger partial charge on any atom is 0.159 e. The van der Waals surface area contributed by atoms with Crippen LogP contribution in [0, 0.1) is 0 Å². The third-order valence-electron chi connectivity index (χ3n) is 12.1. The Morgan fingerprint density at radius 3 is 1.88 bits per heavy atom. The Bertz CT molecular complexity index is 3200. The predicted molar refractivity (Wildman–Crippen MR) is 234 cm³/mol. The van der Waals surface area contributed by atoms with Gasteiger partial charge >= 0.3 is 0 Å². The second kappa shape index (κ2) is 12.6. The average molecular weight is 726 g/mol. The molecule has 0 N–H and O–H groups in total. The van der Waals surface area contributed by atoms with Gasteiger partial charge in [-0.2, -0.15) is 0 Å². The summed E-state index contributed by atoms with van der Waals surface area (Å²) in [6.45, 7) is 0. The van der Waals surface area contributed by atoms with Gasteiger partial charge < -0.3 is 4.57 Å². The molecule has 2 aromatic heterocycles. The second-order valence-corrected chi connectivity index (χ2v) is 15.3. The lowest BCUT2D eigenvalue weighted by Crippen LogP contribution is -2.08. The minimum atomic E-state index is -0.0144. The van der Waals surface area contributed by atoms with Crippen molar-refractivity contribution in [1.82, 2.24) is 14.5 Å². The van der Waals surface area contributed by atoms with E-state index in [0.717, 1.165) is 34.9 Å². The number of hydrogen-bond acceptors (Lipinski definition) is 2. The molecule has 0 saturated heterocycles. The molecular weight excluding hydrogens is 691 g/mol. The first-order valence-electron chi connectivity index (χ1n) is 19.7. The van der Waals surface area contributed by atoms with E-state index in [-0.39, 0.29) is 5.92 Å². The fourth-order valence-electron chi connectivity index (χ4n) is 9.51. The first kappa shape index (κ1) is 31.9. The number of nitrogens with zero attached hydrogens (tertiary/aromatic N) is 3. The maximum absolute atomic E-state index is 5.48. The normalized spacial score (nSPS) is 13.7. The smallest absolute Gasteiger partial charge is 0.159 e. The van der Waals surface area contributed by atoms with E-state index in [2.05, 4.69) is 199 Å². The van der Waals surface area contributed by atoms with Crippen molar-refractivity contribution < 1.29 is 0 Å². The van der Waals surface area contributed by atoms with E-state index in [1.807, 2.05) is 0 Å². The minimum absolute atomic E-state index is 0.0144. The van der Waals surface area contributed by atoms with Crippen molar-refractivity contribution in [3.63, 3.8) is 0 Å². The number of hydrogen-bond donors (Lipinski definition) is 0. The maximum atomic E-state index is 5.48. The molecule has 0 spiro atoms. The van der Waals surface area contributed by atoms with Gasteiger partial charge in [0.15, 0.2) is 5.82 Å².